The first kappa shape index (κ1) is 15.8. The first-order chi connectivity index (χ1) is 11.2. The Kier molecular flexibility index (Phi) is 4.82. The Hall–Kier alpha value is -2.07. The van der Waals surface area contributed by atoms with Crippen molar-refractivity contribution in [3.05, 3.63) is 59.9 Å². The van der Waals surface area contributed by atoms with Gasteiger partial charge in [-0.3, -0.25) is 9.69 Å². The summed E-state index contributed by atoms with van der Waals surface area (Å²) >= 11 is 0. The van der Waals surface area contributed by atoms with Crippen molar-refractivity contribution >= 4 is 5.91 Å². The molecule has 1 N–H and O–H groups in total. The van der Waals surface area contributed by atoms with Crippen LogP contribution in [-0.4, -0.2) is 46.4 Å². The molecule has 1 aliphatic rings. The van der Waals surface area contributed by atoms with E-state index in [0.717, 1.165) is 26.1 Å². The van der Waals surface area contributed by atoms with Crippen LogP contribution in [0, 0.1) is 0 Å². The number of likely N-dealkylation sites (N-methyl/N-ethyl adjacent to an activating group) is 1. The molecule has 2 heterocycles. The number of benzene rings is 1. The molecule has 4 heteroatoms. The van der Waals surface area contributed by atoms with E-state index in [4.69, 9.17) is 0 Å². The zero-order valence-corrected chi connectivity index (χ0v) is 13.9. The van der Waals surface area contributed by atoms with Gasteiger partial charge in [0.05, 0.1) is 0 Å². The molecule has 23 heavy (non-hydrogen) atoms. The van der Waals surface area contributed by atoms with Crippen molar-refractivity contribution in [2.75, 3.05) is 19.6 Å². The van der Waals surface area contributed by atoms with Gasteiger partial charge < -0.3 is 9.88 Å². The number of carbonyl (C=O) groups excluding carboxylic acids is 1. The lowest BCUT2D eigenvalue weighted by Gasteiger charge is -2.29. The van der Waals surface area contributed by atoms with E-state index in [1.807, 2.05) is 17.0 Å². The summed E-state index contributed by atoms with van der Waals surface area (Å²) in [6.45, 7) is 7.03. The first-order valence-corrected chi connectivity index (χ1v) is 8.44. The number of amides is 1. The summed E-state index contributed by atoms with van der Waals surface area (Å²) in [6.07, 6.45) is 2.84. The van der Waals surface area contributed by atoms with Crippen LogP contribution in [0.5, 0.6) is 0 Å². The highest BCUT2D eigenvalue weighted by atomic mass is 16.2. The summed E-state index contributed by atoms with van der Waals surface area (Å²) in [6, 6.07) is 15.0. The zero-order valence-electron chi connectivity index (χ0n) is 13.9. The van der Waals surface area contributed by atoms with E-state index >= 15 is 0 Å². The molecular formula is C19H25N3O. The van der Waals surface area contributed by atoms with Gasteiger partial charge in [-0.25, -0.2) is 0 Å². The smallest absolute Gasteiger partial charge is 0.270 e. The highest BCUT2D eigenvalue weighted by Gasteiger charge is 2.32. The van der Waals surface area contributed by atoms with Crippen LogP contribution in [0.2, 0.25) is 0 Å². The maximum Gasteiger partial charge on any atom is 0.270 e. The molecule has 1 aromatic carbocycles. The standard InChI is InChI=1S/C19H25N3O/c1-3-22(19(23)18-10-7-12-20-18)17-11-13-21(14-17)15(2)16-8-5-4-6-9-16/h4-10,12,15,17,20H,3,11,13-14H2,1-2H3/t15-,17+/m1/s1. The Morgan fingerprint density at radius 3 is 2.74 bits per heavy atom. The van der Waals surface area contributed by atoms with Gasteiger partial charge in [-0.05, 0) is 38.0 Å². The van der Waals surface area contributed by atoms with Crippen LogP contribution in [0.1, 0.15) is 42.4 Å². The summed E-state index contributed by atoms with van der Waals surface area (Å²) in [5.74, 6) is 0.108. The number of H-pyrrole nitrogens is 1. The molecule has 1 saturated heterocycles. The summed E-state index contributed by atoms with van der Waals surface area (Å²) in [4.78, 5) is 20.2. The molecule has 1 aliphatic heterocycles. The average Bonchev–Trinajstić information content (AvgIpc) is 3.27. The maximum atomic E-state index is 12.6. The quantitative estimate of drug-likeness (QED) is 0.920. The molecule has 1 amide bonds. The zero-order chi connectivity index (χ0) is 16.2. The highest BCUT2D eigenvalue weighted by Crippen LogP contribution is 2.27. The van der Waals surface area contributed by atoms with Crippen LogP contribution in [0.25, 0.3) is 0 Å². The predicted molar refractivity (Wildman–Crippen MR) is 92.3 cm³/mol. The van der Waals surface area contributed by atoms with Crippen LogP contribution in [0.15, 0.2) is 48.7 Å². The van der Waals surface area contributed by atoms with E-state index in [1.165, 1.54) is 5.56 Å². The molecule has 0 spiro atoms. The van der Waals surface area contributed by atoms with Gasteiger partial charge in [-0.2, -0.15) is 0 Å². The molecule has 0 saturated carbocycles. The van der Waals surface area contributed by atoms with Crippen molar-refractivity contribution in [1.82, 2.24) is 14.8 Å². The van der Waals surface area contributed by atoms with E-state index < -0.39 is 0 Å². The number of nitrogens with zero attached hydrogens (tertiary/aromatic N) is 2. The van der Waals surface area contributed by atoms with Crippen molar-refractivity contribution in [2.45, 2.75) is 32.4 Å². The van der Waals surface area contributed by atoms with Crippen molar-refractivity contribution in [1.29, 1.82) is 0 Å². The minimum absolute atomic E-state index is 0.108. The predicted octanol–water partition coefficient (Wildman–Crippen LogP) is 3.31. The minimum Gasteiger partial charge on any atom is -0.357 e. The van der Waals surface area contributed by atoms with Gasteiger partial charge in [0.2, 0.25) is 0 Å². The van der Waals surface area contributed by atoms with Gasteiger partial charge in [0, 0.05) is 37.9 Å². The minimum atomic E-state index is 0.108. The maximum absolute atomic E-state index is 12.6. The van der Waals surface area contributed by atoms with Crippen molar-refractivity contribution in [2.24, 2.45) is 0 Å². The van der Waals surface area contributed by atoms with Crippen LogP contribution in [-0.2, 0) is 0 Å². The number of rotatable bonds is 5. The molecule has 2 atom stereocenters. The summed E-state index contributed by atoms with van der Waals surface area (Å²) in [5, 5.41) is 0. The molecule has 3 rings (SSSR count). The second-order valence-electron chi connectivity index (χ2n) is 6.20. The third-order valence-electron chi connectivity index (χ3n) is 4.90. The second kappa shape index (κ2) is 7.01. The fraction of sp³-hybridized carbons (Fsp3) is 0.421. The summed E-state index contributed by atoms with van der Waals surface area (Å²) in [7, 11) is 0. The Bertz CT molecular complexity index is 623. The van der Waals surface area contributed by atoms with Gasteiger partial charge in [-0.15, -0.1) is 0 Å². The van der Waals surface area contributed by atoms with Crippen LogP contribution >= 0.6 is 0 Å². The Morgan fingerprint density at radius 2 is 2.09 bits per heavy atom. The Labute approximate surface area is 138 Å². The lowest BCUT2D eigenvalue weighted by atomic mass is 10.1. The highest BCUT2D eigenvalue weighted by molar-refractivity contribution is 5.92. The van der Waals surface area contributed by atoms with Gasteiger partial charge in [0.1, 0.15) is 5.69 Å². The number of nitrogens with one attached hydrogen (secondary N) is 1. The van der Waals surface area contributed by atoms with Gasteiger partial charge in [0.15, 0.2) is 0 Å². The number of hydrogen-bond donors (Lipinski definition) is 1. The number of aromatic nitrogens is 1. The lowest BCUT2D eigenvalue weighted by molar-refractivity contribution is 0.0684. The SMILES string of the molecule is CCN(C(=O)c1ccc[nH]1)[C@H]1CCN([C@H](C)c2ccccc2)C1. The normalized spacial score (nSPS) is 19.7. The molecule has 0 radical (unpaired) electrons. The number of hydrogen-bond acceptors (Lipinski definition) is 2. The van der Waals surface area contributed by atoms with E-state index in [9.17, 15) is 4.79 Å². The van der Waals surface area contributed by atoms with Crippen LogP contribution in [0.4, 0.5) is 0 Å². The molecule has 1 aromatic heterocycles. The fourth-order valence-electron chi connectivity index (χ4n) is 3.50. The van der Waals surface area contributed by atoms with Crippen LogP contribution in [0.3, 0.4) is 0 Å². The molecular weight excluding hydrogens is 286 g/mol. The summed E-state index contributed by atoms with van der Waals surface area (Å²) in [5.41, 5.74) is 2.02. The molecule has 0 bridgehead atoms. The van der Waals surface area contributed by atoms with Gasteiger partial charge in [-0.1, -0.05) is 30.3 Å². The number of likely N-dealkylation sites (tertiary alicyclic amines) is 1. The third kappa shape index (κ3) is 3.32. The van der Waals surface area contributed by atoms with Gasteiger partial charge in [0.25, 0.3) is 5.91 Å². The van der Waals surface area contributed by atoms with E-state index in [1.54, 1.807) is 6.20 Å². The molecule has 0 unspecified atom stereocenters. The van der Waals surface area contributed by atoms with E-state index in [2.05, 4.69) is 54.1 Å². The number of aromatic amines is 1. The van der Waals surface area contributed by atoms with E-state index in [-0.39, 0.29) is 5.91 Å². The molecule has 0 aliphatic carbocycles. The average molecular weight is 311 g/mol. The third-order valence-corrected chi connectivity index (χ3v) is 4.90. The van der Waals surface area contributed by atoms with Crippen molar-refractivity contribution in [3.8, 4) is 0 Å². The van der Waals surface area contributed by atoms with Crippen LogP contribution < -0.4 is 0 Å². The summed E-state index contributed by atoms with van der Waals surface area (Å²) < 4.78 is 0. The Morgan fingerprint density at radius 1 is 1.30 bits per heavy atom. The van der Waals surface area contributed by atoms with Crippen molar-refractivity contribution < 1.29 is 4.79 Å². The molecule has 4 nitrogen and oxygen atoms in total. The van der Waals surface area contributed by atoms with Gasteiger partial charge >= 0.3 is 0 Å². The van der Waals surface area contributed by atoms with E-state index in [0.29, 0.717) is 17.8 Å². The molecule has 122 valence electrons. The molecule has 2 aromatic rings. The lowest BCUT2D eigenvalue weighted by Crippen LogP contribution is -2.42. The monoisotopic (exact) mass is 311 g/mol. The van der Waals surface area contributed by atoms with Crippen molar-refractivity contribution in [3.63, 3.8) is 0 Å². The Balaban J connectivity index is 1.67. The molecule has 1 fully saturated rings. The topological polar surface area (TPSA) is 39.3 Å². The largest absolute Gasteiger partial charge is 0.357 e. The second-order valence-corrected chi connectivity index (χ2v) is 6.20. The first-order valence-electron chi connectivity index (χ1n) is 8.44. The fourth-order valence-corrected chi connectivity index (χ4v) is 3.50. The number of carbonyl (C=O) groups is 1.